The van der Waals surface area contributed by atoms with E-state index < -0.39 is 4.92 Å². The number of anilines is 1. The SMILES string of the molecule is COc1cc(CNc2cccc([N+](=O)[O-])c2)cc(Br)c1OCc1ccc(Cl)cc1Cl. The van der Waals surface area contributed by atoms with Gasteiger partial charge in [-0.1, -0.05) is 35.3 Å². The predicted octanol–water partition coefficient (Wildman–Crippen LogP) is 6.86. The number of nitro groups is 1. The first-order valence-corrected chi connectivity index (χ1v) is 10.3. The molecule has 3 aromatic rings. The van der Waals surface area contributed by atoms with Gasteiger partial charge in [0.1, 0.15) is 6.61 Å². The van der Waals surface area contributed by atoms with Crippen LogP contribution < -0.4 is 14.8 Å². The molecular formula is C21H17BrCl2N2O4. The highest BCUT2D eigenvalue weighted by atomic mass is 79.9. The summed E-state index contributed by atoms with van der Waals surface area (Å²) in [4.78, 5) is 10.5. The van der Waals surface area contributed by atoms with Crippen LogP contribution in [0.4, 0.5) is 11.4 Å². The molecule has 0 unspecified atom stereocenters. The number of hydrogen-bond donors (Lipinski definition) is 1. The van der Waals surface area contributed by atoms with Crippen LogP contribution in [0, 0.1) is 10.1 Å². The topological polar surface area (TPSA) is 73.6 Å². The van der Waals surface area contributed by atoms with E-state index in [1.54, 1.807) is 31.4 Å². The van der Waals surface area contributed by atoms with Crippen molar-refractivity contribution >= 4 is 50.5 Å². The van der Waals surface area contributed by atoms with E-state index in [0.717, 1.165) is 11.1 Å². The normalized spacial score (nSPS) is 10.5. The Morgan fingerprint density at radius 2 is 1.93 bits per heavy atom. The summed E-state index contributed by atoms with van der Waals surface area (Å²) in [6.07, 6.45) is 0. The average molecular weight is 512 g/mol. The standard InChI is InChI=1S/C21H17BrCl2N2O4/c1-29-20-8-13(11-25-16-3-2-4-17(10-16)26(27)28)7-18(22)21(20)30-12-14-5-6-15(23)9-19(14)24/h2-10,25H,11-12H2,1H3. The van der Waals surface area contributed by atoms with Crippen LogP contribution in [0.25, 0.3) is 0 Å². The van der Waals surface area contributed by atoms with Crippen LogP contribution in [0.5, 0.6) is 11.5 Å². The van der Waals surface area contributed by atoms with Gasteiger partial charge in [0.05, 0.1) is 16.5 Å². The van der Waals surface area contributed by atoms with Gasteiger partial charge in [0.25, 0.3) is 5.69 Å². The quantitative estimate of drug-likeness (QED) is 0.264. The molecule has 3 rings (SSSR count). The zero-order valence-electron chi connectivity index (χ0n) is 15.8. The van der Waals surface area contributed by atoms with Crippen LogP contribution in [0.1, 0.15) is 11.1 Å². The van der Waals surface area contributed by atoms with Crippen molar-refractivity contribution in [2.45, 2.75) is 13.2 Å². The van der Waals surface area contributed by atoms with E-state index in [9.17, 15) is 10.1 Å². The smallest absolute Gasteiger partial charge is 0.271 e. The first kappa shape index (κ1) is 22.2. The number of nitro benzene ring substituents is 1. The van der Waals surface area contributed by atoms with E-state index in [0.29, 0.717) is 38.2 Å². The first-order valence-electron chi connectivity index (χ1n) is 8.79. The lowest BCUT2D eigenvalue weighted by Crippen LogP contribution is -2.03. The molecular weight excluding hydrogens is 495 g/mol. The van der Waals surface area contributed by atoms with Crippen LogP contribution in [-0.4, -0.2) is 12.0 Å². The first-order chi connectivity index (χ1) is 14.4. The second-order valence-electron chi connectivity index (χ2n) is 6.29. The van der Waals surface area contributed by atoms with E-state index in [4.69, 9.17) is 32.7 Å². The van der Waals surface area contributed by atoms with E-state index in [-0.39, 0.29) is 12.3 Å². The predicted molar refractivity (Wildman–Crippen MR) is 122 cm³/mol. The second-order valence-corrected chi connectivity index (χ2v) is 7.99. The Morgan fingerprint density at radius 1 is 1.13 bits per heavy atom. The second kappa shape index (κ2) is 10.0. The minimum Gasteiger partial charge on any atom is -0.493 e. The van der Waals surface area contributed by atoms with Crippen LogP contribution >= 0.6 is 39.1 Å². The lowest BCUT2D eigenvalue weighted by atomic mass is 10.2. The molecule has 30 heavy (non-hydrogen) atoms. The molecule has 6 nitrogen and oxygen atoms in total. The summed E-state index contributed by atoms with van der Waals surface area (Å²) in [6, 6.07) is 15.3. The summed E-state index contributed by atoms with van der Waals surface area (Å²) < 4.78 is 12.1. The number of benzene rings is 3. The number of nitrogens with zero attached hydrogens (tertiary/aromatic N) is 1. The lowest BCUT2D eigenvalue weighted by Gasteiger charge is -2.15. The molecule has 156 valence electrons. The molecule has 1 N–H and O–H groups in total. The molecule has 0 radical (unpaired) electrons. The molecule has 0 atom stereocenters. The molecule has 0 heterocycles. The van der Waals surface area contributed by atoms with Gasteiger partial charge in [0, 0.05) is 40.0 Å². The largest absolute Gasteiger partial charge is 0.493 e. The molecule has 0 bridgehead atoms. The average Bonchev–Trinajstić information content (AvgIpc) is 2.72. The number of ether oxygens (including phenoxy) is 2. The van der Waals surface area contributed by atoms with Crippen molar-refractivity contribution in [1.29, 1.82) is 0 Å². The molecule has 3 aromatic carbocycles. The van der Waals surface area contributed by atoms with Crippen molar-refractivity contribution < 1.29 is 14.4 Å². The van der Waals surface area contributed by atoms with Gasteiger partial charge in [-0.05, 0) is 51.8 Å². The maximum atomic E-state index is 10.9. The van der Waals surface area contributed by atoms with E-state index >= 15 is 0 Å². The molecule has 0 aliphatic heterocycles. The van der Waals surface area contributed by atoms with Gasteiger partial charge in [-0.25, -0.2) is 0 Å². The van der Waals surface area contributed by atoms with E-state index in [1.165, 1.54) is 12.1 Å². The van der Waals surface area contributed by atoms with Crippen molar-refractivity contribution in [1.82, 2.24) is 0 Å². The Morgan fingerprint density at radius 3 is 2.63 bits per heavy atom. The van der Waals surface area contributed by atoms with Crippen LogP contribution in [0.2, 0.25) is 10.0 Å². The van der Waals surface area contributed by atoms with Crippen molar-refractivity contribution in [3.63, 3.8) is 0 Å². The van der Waals surface area contributed by atoms with Crippen LogP contribution in [0.15, 0.2) is 59.1 Å². The maximum Gasteiger partial charge on any atom is 0.271 e. The third-order valence-electron chi connectivity index (χ3n) is 4.23. The van der Waals surface area contributed by atoms with Gasteiger partial charge in [0.2, 0.25) is 0 Å². The zero-order valence-corrected chi connectivity index (χ0v) is 18.9. The molecule has 9 heteroatoms. The number of nitrogens with one attached hydrogen (secondary N) is 1. The van der Waals surface area contributed by atoms with Crippen molar-refractivity contribution in [2.24, 2.45) is 0 Å². The summed E-state index contributed by atoms with van der Waals surface area (Å²) in [7, 11) is 1.56. The van der Waals surface area contributed by atoms with Gasteiger partial charge >= 0.3 is 0 Å². The molecule has 0 aliphatic rings. The van der Waals surface area contributed by atoms with Crippen molar-refractivity contribution in [3.8, 4) is 11.5 Å². The van der Waals surface area contributed by atoms with Crippen LogP contribution in [-0.2, 0) is 13.2 Å². The summed E-state index contributed by atoms with van der Waals surface area (Å²) >= 11 is 15.7. The van der Waals surface area contributed by atoms with Gasteiger partial charge in [-0.2, -0.15) is 0 Å². The Bertz CT molecular complexity index is 1080. The Kier molecular flexibility index (Phi) is 7.42. The minimum atomic E-state index is -0.427. The van der Waals surface area contributed by atoms with Gasteiger partial charge in [-0.3, -0.25) is 10.1 Å². The highest BCUT2D eigenvalue weighted by molar-refractivity contribution is 9.10. The number of rotatable bonds is 8. The fourth-order valence-corrected chi connectivity index (χ4v) is 3.80. The monoisotopic (exact) mass is 510 g/mol. The third kappa shape index (κ3) is 5.56. The fourth-order valence-electron chi connectivity index (χ4n) is 2.74. The number of non-ortho nitro benzene ring substituents is 1. The fraction of sp³-hybridized carbons (Fsp3) is 0.143. The summed E-state index contributed by atoms with van der Waals surface area (Å²) in [6.45, 7) is 0.690. The summed E-state index contributed by atoms with van der Waals surface area (Å²) in [5.41, 5.74) is 2.38. The minimum absolute atomic E-state index is 0.0309. The highest BCUT2D eigenvalue weighted by Crippen LogP contribution is 2.38. The molecule has 0 spiro atoms. The lowest BCUT2D eigenvalue weighted by molar-refractivity contribution is -0.384. The molecule has 0 amide bonds. The van der Waals surface area contributed by atoms with Crippen LogP contribution in [0.3, 0.4) is 0 Å². The number of halogens is 3. The molecule has 0 saturated heterocycles. The Balaban J connectivity index is 1.73. The molecule has 0 saturated carbocycles. The van der Waals surface area contributed by atoms with E-state index in [2.05, 4.69) is 21.2 Å². The Labute approximate surface area is 192 Å². The number of hydrogen-bond acceptors (Lipinski definition) is 5. The molecule has 0 aliphatic carbocycles. The Hall–Kier alpha value is -2.48. The maximum absolute atomic E-state index is 10.9. The highest BCUT2D eigenvalue weighted by Gasteiger charge is 2.13. The summed E-state index contributed by atoms with van der Waals surface area (Å²) in [5.74, 6) is 1.09. The van der Waals surface area contributed by atoms with Gasteiger partial charge < -0.3 is 14.8 Å². The third-order valence-corrected chi connectivity index (χ3v) is 5.41. The van der Waals surface area contributed by atoms with Gasteiger partial charge in [-0.15, -0.1) is 0 Å². The van der Waals surface area contributed by atoms with Gasteiger partial charge in [0.15, 0.2) is 11.5 Å². The number of methoxy groups -OCH3 is 1. The molecule has 0 fully saturated rings. The van der Waals surface area contributed by atoms with E-state index in [1.807, 2.05) is 18.2 Å². The molecule has 0 aromatic heterocycles. The van der Waals surface area contributed by atoms with Crippen molar-refractivity contribution in [2.75, 3.05) is 12.4 Å². The zero-order chi connectivity index (χ0) is 21.7. The van der Waals surface area contributed by atoms with Crippen molar-refractivity contribution in [3.05, 3.63) is 90.4 Å². The summed E-state index contributed by atoms with van der Waals surface area (Å²) in [5, 5.41) is 15.2.